The first-order valence-corrected chi connectivity index (χ1v) is 22.6. The summed E-state index contributed by atoms with van der Waals surface area (Å²) < 4.78 is 27.1. The van der Waals surface area contributed by atoms with Crippen LogP contribution in [-0.2, 0) is 48.4 Å². The molecule has 0 fully saturated rings. The van der Waals surface area contributed by atoms with E-state index in [-0.39, 0.29) is 24.3 Å². The predicted molar refractivity (Wildman–Crippen MR) is 263 cm³/mol. The number of carbonyl (C=O) groups is 1. The van der Waals surface area contributed by atoms with Gasteiger partial charge in [0.25, 0.3) is 0 Å². The zero-order valence-electron chi connectivity index (χ0n) is 38.8. The Morgan fingerprint density at radius 2 is 0.953 bits per heavy atom. The molecule has 6 aromatic heterocycles. The maximum absolute atomic E-state index is 11.7. The molecule has 5 N–H and O–H groups in total. The van der Waals surface area contributed by atoms with Gasteiger partial charge in [0.05, 0.1) is 25.0 Å². The number of pyridine rings is 3. The zero-order chi connectivity index (χ0) is 46.5. The summed E-state index contributed by atoms with van der Waals surface area (Å²) in [5.41, 5.74) is 17.4. The number of hydrogen-bond acceptors (Lipinski definition) is 11. The Hall–Kier alpha value is -4.69. The van der Waals surface area contributed by atoms with Crippen LogP contribution in [0.3, 0.4) is 0 Å². The van der Waals surface area contributed by atoms with E-state index in [1.807, 2.05) is 120 Å². The van der Waals surface area contributed by atoms with Gasteiger partial charge in [0.15, 0.2) is 0 Å². The number of rotatable bonds is 15. The van der Waals surface area contributed by atoms with Gasteiger partial charge in [-0.05, 0) is 125 Å². The quantitative estimate of drug-likeness (QED) is 0.0835. The van der Waals surface area contributed by atoms with E-state index < -0.39 is 11.7 Å². The molecule has 64 heavy (non-hydrogen) atoms. The molecule has 0 aliphatic carbocycles. The number of alkyl halides is 2. The van der Waals surface area contributed by atoms with Crippen LogP contribution in [0.4, 0.5) is 4.79 Å². The summed E-state index contributed by atoms with van der Waals surface area (Å²) in [4.78, 5) is 24.1. The van der Waals surface area contributed by atoms with Gasteiger partial charge in [0.1, 0.15) is 40.2 Å². The van der Waals surface area contributed by atoms with Crippen molar-refractivity contribution in [1.29, 1.82) is 0 Å². The van der Waals surface area contributed by atoms with Crippen molar-refractivity contribution < 1.29 is 27.5 Å². The smallest absolute Gasteiger partial charge is 0.408 e. The Balaban J connectivity index is 0.000000446. The number of amides is 1. The lowest BCUT2D eigenvalue weighted by Crippen LogP contribution is -2.32. The van der Waals surface area contributed by atoms with Crippen LogP contribution >= 0.6 is 35.6 Å². The second kappa shape index (κ2) is 32.9. The minimum atomic E-state index is -0.511. The monoisotopic (exact) mass is 942 g/mol. The fourth-order valence-electron chi connectivity index (χ4n) is 5.96. The molecule has 6 aromatic rings. The third-order valence-corrected chi connectivity index (χ3v) is 8.69. The fourth-order valence-corrected chi connectivity index (χ4v) is 5.96. The van der Waals surface area contributed by atoms with Crippen LogP contribution in [0.25, 0.3) is 34.0 Å². The summed E-state index contributed by atoms with van der Waals surface area (Å²) in [6.07, 6.45) is 16.8. The first-order valence-electron chi connectivity index (χ1n) is 21.5. The van der Waals surface area contributed by atoms with Gasteiger partial charge in [-0.1, -0.05) is 40.0 Å². The van der Waals surface area contributed by atoms with E-state index in [0.717, 1.165) is 97.2 Å². The van der Waals surface area contributed by atoms with Crippen molar-refractivity contribution in [3.05, 3.63) is 126 Å². The number of hydrogen-bond donors (Lipinski definition) is 3. The number of halogens is 3. The number of alkyl carbamates (subject to hydrolysis) is 1. The third-order valence-electron chi connectivity index (χ3n) is 8.69. The summed E-state index contributed by atoms with van der Waals surface area (Å²) in [5, 5.41) is 2.88. The molecule has 0 unspecified atom stereocenters. The molecule has 0 aromatic carbocycles. The molecule has 6 heterocycles. The third kappa shape index (κ3) is 21.3. The highest BCUT2D eigenvalue weighted by Crippen LogP contribution is 2.28. The average molecular weight is 944 g/mol. The van der Waals surface area contributed by atoms with Crippen LogP contribution in [0.1, 0.15) is 109 Å². The molecule has 15 heteroatoms. The Labute approximate surface area is 396 Å². The number of furan rings is 3. The van der Waals surface area contributed by atoms with Crippen LogP contribution in [0, 0.1) is 0 Å². The standard InChI is InChI=1S/C18H24N2O3.2C13H16N2O.C4H10O.CH2Cl2.ClH/c1-5-6-13-9-10-19-12-15(13)16-8-7-14(22-16)11-20-17(21)23-18(2,3)4;2*1-2-3-10-6-7-15-9-12(10)13-5-4-11(8-14)16-13;1-3-5-4-2;2-1-3;/h7-10,12H,5-6,11H2,1-4H3,(H,20,21);2*4-7,9H,2-3,8,14H2,1H3;3-4H2,1-2H3;1H2;1H. The Bertz CT molecular complexity index is 2040. The highest BCUT2D eigenvalue weighted by atomic mass is 35.5. The molecule has 0 radical (unpaired) electrons. The number of nitrogens with zero attached hydrogens (tertiary/aromatic N) is 3. The number of nitrogens with one attached hydrogen (secondary N) is 1. The van der Waals surface area contributed by atoms with Crippen molar-refractivity contribution in [2.75, 3.05) is 18.6 Å². The Kier molecular flexibility index (Phi) is 29.5. The molecule has 1 amide bonds. The summed E-state index contributed by atoms with van der Waals surface area (Å²) in [5.74, 6) is 4.77. The highest BCUT2D eigenvalue weighted by Gasteiger charge is 2.17. The van der Waals surface area contributed by atoms with Gasteiger partial charge >= 0.3 is 6.09 Å². The molecular weight excluding hydrogens is 875 g/mol. The first-order chi connectivity index (χ1) is 30.4. The van der Waals surface area contributed by atoms with Crippen LogP contribution in [-0.4, -0.2) is 45.2 Å². The van der Waals surface area contributed by atoms with Crippen molar-refractivity contribution in [2.45, 2.75) is 119 Å². The van der Waals surface area contributed by atoms with Gasteiger partial charge in [-0.2, -0.15) is 0 Å². The van der Waals surface area contributed by atoms with Crippen LogP contribution in [0.2, 0.25) is 0 Å². The Morgan fingerprint density at radius 1 is 0.609 bits per heavy atom. The summed E-state index contributed by atoms with van der Waals surface area (Å²) in [7, 11) is 0. The molecule has 0 aliphatic rings. The first kappa shape index (κ1) is 57.3. The molecule has 0 bridgehead atoms. The normalized spacial score (nSPS) is 10.3. The number of aromatic nitrogens is 3. The molecule has 6 rings (SSSR count). The van der Waals surface area contributed by atoms with E-state index in [2.05, 4.69) is 41.0 Å². The van der Waals surface area contributed by atoms with E-state index in [9.17, 15) is 4.79 Å². The highest BCUT2D eigenvalue weighted by molar-refractivity contribution is 6.40. The van der Waals surface area contributed by atoms with Gasteiger partial charge < -0.3 is 39.5 Å². The second-order valence-electron chi connectivity index (χ2n) is 14.8. The SMILES string of the molecule is CCCc1ccncc1-c1ccc(CN)o1.CCCc1ccncc1-c1ccc(CN)o1.CCCc1ccncc1-c1ccc(CNC(=O)OC(C)(C)C)o1.CCOCC.Cl.ClCCl. The average Bonchev–Trinajstić information content (AvgIpc) is 4.07. The maximum atomic E-state index is 11.7. The van der Waals surface area contributed by atoms with E-state index >= 15 is 0 Å². The lowest BCUT2D eigenvalue weighted by molar-refractivity contribution is 0.0520. The van der Waals surface area contributed by atoms with E-state index in [4.69, 9.17) is 57.4 Å². The van der Waals surface area contributed by atoms with Crippen LogP contribution in [0.5, 0.6) is 0 Å². The second-order valence-corrected chi connectivity index (χ2v) is 15.6. The zero-order valence-corrected chi connectivity index (χ0v) is 41.1. The van der Waals surface area contributed by atoms with Gasteiger partial charge in [-0.25, -0.2) is 4.79 Å². The largest absolute Gasteiger partial charge is 0.460 e. The Morgan fingerprint density at radius 3 is 1.23 bits per heavy atom. The van der Waals surface area contributed by atoms with Crippen LogP contribution in [0.15, 0.2) is 105 Å². The number of nitrogens with two attached hydrogens (primary N) is 2. The van der Waals surface area contributed by atoms with Gasteiger partial charge in [-0.15, -0.1) is 35.6 Å². The van der Waals surface area contributed by atoms with Crippen LogP contribution < -0.4 is 16.8 Å². The molecule has 0 saturated carbocycles. The molecule has 0 spiro atoms. The van der Waals surface area contributed by atoms with Gasteiger partial charge in [0, 0.05) is 67.1 Å². The number of ether oxygens (including phenoxy) is 2. The van der Waals surface area contributed by atoms with Crippen molar-refractivity contribution in [3.8, 4) is 34.0 Å². The lowest BCUT2D eigenvalue weighted by atomic mass is 10.0. The van der Waals surface area contributed by atoms with Crippen molar-refractivity contribution in [1.82, 2.24) is 20.3 Å². The maximum Gasteiger partial charge on any atom is 0.408 e. The molecule has 0 aliphatic heterocycles. The summed E-state index contributed by atoms with van der Waals surface area (Å²) >= 11 is 9.53. The van der Waals surface area contributed by atoms with E-state index in [1.165, 1.54) is 16.7 Å². The van der Waals surface area contributed by atoms with Crippen molar-refractivity contribution in [3.63, 3.8) is 0 Å². The molecule has 352 valence electrons. The number of carbonyl (C=O) groups excluding carboxylic acids is 1. The molecule has 0 atom stereocenters. The van der Waals surface area contributed by atoms with E-state index in [1.54, 1.807) is 6.20 Å². The fraction of sp³-hybridized carbons (Fsp3) is 0.429. The minimum absolute atomic E-state index is 0. The minimum Gasteiger partial charge on any atom is -0.460 e. The summed E-state index contributed by atoms with van der Waals surface area (Å²) in [6, 6.07) is 17.6. The van der Waals surface area contributed by atoms with Crippen molar-refractivity contribution in [2.24, 2.45) is 11.5 Å². The van der Waals surface area contributed by atoms with Crippen molar-refractivity contribution >= 4 is 41.7 Å². The van der Waals surface area contributed by atoms with Gasteiger partial charge in [-0.3, -0.25) is 15.0 Å². The molecular formula is C49H69Cl3N6O6. The molecule has 0 saturated heterocycles. The number of aryl methyl sites for hydroxylation is 3. The van der Waals surface area contributed by atoms with E-state index in [0.29, 0.717) is 18.8 Å². The summed E-state index contributed by atoms with van der Waals surface area (Å²) in [6.45, 7) is 18.8. The predicted octanol–water partition coefficient (Wildman–Crippen LogP) is 12.7. The lowest BCUT2D eigenvalue weighted by Gasteiger charge is -2.19. The molecule has 12 nitrogen and oxygen atoms in total. The topological polar surface area (TPSA) is 178 Å². The van der Waals surface area contributed by atoms with Gasteiger partial charge in [0.2, 0.25) is 0 Å².